The number of hydrogen-bond acceptors (Lipinski definition) is 7. The van der Waals surface area contributed by atoms with E-state index >= 15 is 0 Å². The van der Waals surface area contributed by atoms with E-state index in [1.165, 1.54) is 0 Å². The highest BCUT2D eigenvalue weighted by Gasteiger charge is 2.11. The minimum atomic E-state index is -0.614. The molecule has 9 heteroatoms. The van der Waals surface area contributed by atoms with Crippen LogP contribution >= 0.6 is 0 Å². The topological polar surface area (TPSA) is 123 Å². The van der Waals surface area contributed by atoms with Gasteiger partial charge in [-0.2, -0.15) is 4.98 Å². The largest absolute Gasteiger partial charge is 0.383 e. The van der Waals surface area contributed by atoms with Gasteiger partial charge in [-0.3, -0.25) is 4.98 Å². The van der Waals surface area contributed by atoms with Crippen LogP contribution in [0.4, 0.5) is 16.0 Å². The molecule has 0 aliphatic carbocycles. The number of nitrogens with zero attached hydrogens (tertiary/aromatic N) is 3. The summed E-state index contributed by atoms with van der Waals surface area (Å²) in [5, 5.41) is 6.94. The molecule has 0 unspecified atom stereocenters. The van der Waals surface area contributed by atoms with Crippen molar-refractivity contribution in [1.82, 2.24) is 20.1 Å². The zero-order chi connectivity index (χ0) is 20.2. The molecule has 4 aromatic rings. The van der Waals surface area contributed by atoms with E-state index in [0.29, 0.717) is 30.1 Å². The molecule has 1 aromatic carbocycles. The summed E-state index contributed by atoms with van der Waals surface area (Å²) in [6.07, 6.45) is 3.09. The van der Waals surface area contributed by atoms with Crippen LogP contribution in [0.3, 0.4) is 0 Å². The zero-order valence-electron chi connectivity index (χ0n) is 15.2. The fraction of sp³-hybridized carbons (Fsp3) is 0.100. The van der Waals surface area contributed by atoms with Crippen LogP contribution in [-0.2, 0) is 13.0 Å². The van der Waals surface area contributed by atoms with Crippen LogP contribution < -0.4 is 16.7 Å². The molecule has 0 saturated carbocycles. The number of nitrogens with one attached hydrogen (secondary N) is 2. The second-order valence-corrected chi connectivity index (χ2v) is 6.38. The van der Waals surface area contributed by atoms with Crippen LogP contribution in [0.5, 0.6) is 0 Å². The molecule has 4 N–H and O–H groups in total. The molecule has 0 bridgehead atoms. The predicted octanol–water partition coefficient (Wildman–Crippen LogP) is 2.74. The van der Waals surface area contributed by atoms with Crippen molar-refractivity contribution in [2.75, 3.05) is 11.1 Å². The first-order valence-corrected chi connectivity index (χ1v) is 8.81. The van der Waals surface area contributed by atoms with Gasteiger partial charge >= 0.3 is 5.69 Å². The molecule has 29 heavy (non-hydrogen) atoms. The van der Waals surface area contributed by atoms with E-state index in [0.717, 1.165) is 23.0 Å². The lowest BCUT2D eigenvalue weighted by Gasteiger charge is -2.07. The molecular weight excluding hydrogens is 375 g/mol. The Balaban J connectivity index is 1.40. The van der Waals surface area contributed by atoms with Crippen LogP contribution in [0, 0.1) is 5.82 Å². The summed E-state index contributed by atoms with van der Waals surface area (Å²) in [5.41, 5.74) is 8.70. The summed E-state index contributed by atoms with van der Waals surface area (Å²) in [5.74, 6) is 0.356. The number of rotatable bonds is 6. The monoisotopic (exact) mass is 392 g/mol. The first-order chi connectivity index (χ1) is 14.1. The average molecular weight is 392 g/mol. The number of benzene rings is 1. The van der Waals surface area contributed by atoms with Crippen LogP contribution in [0.1, 0.15) is 16.8 Å². The first kappa shape index (κ1) is 18.4. The SMILES string of the molecule is Nc1ncccc1-c1cc(Cc2ccc(CNc3[nH]c(=O)ncc3F)cc2)no1. The van der Waals surface area contributed by atoms with Crippen molar-refractivity contribution in [2.24, 2.45) is 0 Å². The third-order valence-corrected chi connectivity index (χ3v) is 4.31. The standard InChI is InChI=1S/C20H17FN6O2/c21-16-11-25-20(28)26-19(16)24-10-13-5-3-12(4-6-13)8-14-9-17(29-27-14)15-2-1-7-23-18(15)22/h1-7,9,11H,8,10H2,(H2,22,23)(H2,24,25,26,28). The van der Waals surface area contributed by atoms with Crippen molar-refractivity contribution in [3.8, 4) is 11.3 Å². The Morgan fingerprint density at radius 1 is 1.14 bits per heavy atom. The molecule has 8 nitrogen and oxygen atoms in total. The van der Waals surface area contributed by atoms with Crippen LogP contribution in [0.15, 0.2) is 64.2 Å². The number of halogens is 1. The minimum absolute atomic E-state index is 0.0128. The maximum absolute atomic E-state index is 13.6. The molecule has 4 rings (SSSR count). The number of H-pyrrole nitrogens is 1. The zero-order valence-corrected chi connectivity index (χ0v) is 15.2. The lowest BCUT2D eigenvalue weighted by atomic mass is 10.1. The fourth-order valence-corrected chi connectivity index (χ4v) is 2.83. The summed E-state index contributed by atoms with van der Waals surface area (Å²) >= 11 is 0. The van der Waals surface area contributed by atoms with E-state index in [4.69, 9.17) is 10.3 Å². The second-order valence-electron chi connectivity index (χ2n) is 6.38. The van der Waals surface area contributed by atoms with Crippen molar-refractivity contribution in [1.29, 1.82) is 0 Å². The number of aromatic nitrogens is 4. The first-order valence-electron chi connectivity index (χ1n) is 8.81. The Kier molecular flexibility index (Phi) is 5.02. The van der Waals surface area contributed by atoms with E-state index in [1.807, 2.05) is 36.4 Å². The summed E-state index contributed by atoms with van der Waals surface area (Å²) < 4.78 is 19.0. The Hall–Kier alpha value is -4.01. The van der Waals surface area contributed by atoms with Gasteiger partial charge in [0.1, 0.15) is 11.6 Å². The van der Waals surface area contributed by atoms with Crippen molar-refractivity contribution in [3.63, 3.8) is 0 Å². The third-order valence-electron chi connectivity index (χ3n) is 4.31. The Morgan fingerprint density at radius 3 is 2.72 bits per heavy atom. The molecule has 3 aromatic heterocycles. The van der Waals surface area contributed by atoms with Crippen molar-refractivity contribution in [3.05, 3.63) is 88.0 Å². The highest BCUT2D eigenvalue weighted by Crippen LogP contribution is 2.25. The van der Waals surface area contributed by atoms with Crippen LogP contribution in [-0.4, -0.2) is 20.1 Å². The number of anilines is 2. The summed E-state index contributed by atoms with van der Waals surface area (Å²) in [6.45, 7) is 0.353. The van der Waals surface area contributed by atoms with Crippen molar-refractivity contribution < 1.29 is 8.91 Å². The molecule has 0 atom stereocenters. The average Bonchev–Trinajstić information content (AvgIpc) is 3.18. The number of nitrogens with two attached hydrogens (primary N) is 1. The Labute approximate surface area is 164 Å². The van der Waals surface area contributed by atoms with Gasteiger partial charge in [0.2, 0.25) is 0 Å². The Morgan fingerprint density at radius 2 is 1.93 bits per heavy atom. The highest BCUT2D eigenvalue weighted by atomic mass is 19.1. The lowest BCUT2D eigenvalue weighted by molar-refractivity contribution is 0.425. The quantitative estimate of drug-likeness (QED) is 0.461. The summed E-state index contributed by atoms with van der Waals surface area (Å²) in [4.78, 5) is 20.9. The highest BCUT2D eigenvalue weighted by molar-refractivity contribution is 5.69. The van der Waals surface area contributed by atoms with Gasteiger partial charge in [-0.25, -0.2) is 14.2 Å². The predicted molar refractivity (Wildman–Crippen MR) is 106 cm³/mol. The van der Waals surface area contributed by atoms with Crippen LogP contribution in [0.25, 0.3) is 11.3 Å². The number of hydrogen-bond donors (Lipinski definition) is 3. The molecule has 0 saturated heterocycles. The van der Waals surface area contributed by atoms with Crippen molar-refractivity contribution in [2.45, 2.75) is 13.0 Å². The van der Waals surface area contributed by atoms with Gasteiger partial charge in [0.15, 0.2) is 11.6 Å². The summed E-state index contributed by atoms with van der Waals surface area (Å²) in [7, 11) is 0. The third kappa shape index (κ3) is 4.29. The molecule has 0 fully saturated rings. The van der Waals surface area contributed by atoms with E-state index < -0.39 is 11.5 Å². The van der Waals surface area contributed by atoms with Gasteiger partial charge in [-0.05, 0) is 23.3 Å². The molecule has 0 aliphatic rings. The van der Waals surface area contributed by atoms with Gasteiger partial charge < -0.3 is 15.6 Å². The van der Waals surface area contributed by atoms with Gasteiger partial charge in [-0.1, -0.05) is 29.4 Å². The van der Waals surface area contributed by atoms with Gasteiger partial charge in [0, 0.05) is 25.2 Å². The number of nitrogen functional groups attached to an aromatic ring is 1. The van der Waals surface area contributed by atoms with E-state index in [2.05, 4.69) is 25.4 Å². The molecule has 146 valence electrons. The van der Waals surface area contributed by atoms with E-state index in [-0.39, 0.29) is 5.82 Å². The molecule has 0 radical (unpaired) electrons. The van der Waals surface area contributed by atoms with Gasteiger partial charge in [-0.15, -0.1) is 0 Å². The maximum atomic E-state index is 13.6. The van der Waals surface area contributed by atoms with Gasteiger partial charge in [0.05, 0.1) is 17.5 Å². The fourth-order valence-electron chi connectivity index (χ4n) is 2.83. The Bertz CT molecular complexity index is 1190. The lowest BCUT2D eigenvalue weighted by Crippen LogP contribution is -2.14. The summed E-state index contributed by atoms with van der Waals surface area (Å²) in [6, 6.07) is 13.2. The molecule has 0 aliphatic heterocycles. The van der Waals surface area contributed by atoms with E-state index in [1.54, 1.807) is 12.3 Å². The second kappa shape index (κ2) is 7.93. The van der Waals surface area contributed by atoms with Gasteiger partial charge in [0.25, 0.3) is 0 Å². The molecule has 3 heterocycles. The smallest absolute Gasteiger partial charge is 0.346 e. The molecule has 0 spiro atoms. The van der Waals surface area contributed by atoms with Crippen LogP contribution in [0.2, 0.25) is 0 Å². The molecule has 0 amide bonds. The number of aromatic amines is 1. The van der Waals surface area contributed by atoms with Crippen molar-refractivity contribution >= 4 is 11.6 Å². The maximum Gasteiger partial charge on any atom is 0.346 e. The normalized spacial score (nSPS) is 10.8. The minimum Gasteiger partial charge on any atom is -0.383 e. The molecular formula is C20H17FN6O2. The number of pyridine rings is 1. The van der Waals surface area contributed by atoms with E-state index in [9.17, 15) is 9.18 Å².